The SMILES string of the molecule is CCCCCCCCn1c(=N)c(C(=O)NCCCC)cc2c(=O)n3ccccc3nc21. The molecule has 166 valence electrons. The first-order valence-corrected chi connectivity index (χ1v) is 11.5. The van der Waals surface area contributed by atoms with Crippen LogP contribution in [0.1, 0.15) is 75.6 Å². The second-order valence-corrected chi connectivity index (χ2v) is 8.02. The number of carbonyl (C=O) groups excluding carboxylic acids is 1. The van der Waals surface area contributed by atoms with Crippen molar-refractivity contribution < 1.29 is 4.79 Å². The molecule has 0 bridgehead atoms. The van der Waals surface area contributed by atoms with Gasteiger partial charge in [0.15, 0.2) is 0 Å². The topological polar surface area (TPSA) is 92.2 Å². The lowest BCUT2D eigenvalue weighted by Crippen LogP contribution is -2.35. The molecule has 0 spiro atoms. The van der Waals surface area contributed by atoms with E-state index in [0.717, 1.165) is 32.1 Å². The van der Waals surface area contributed by atoms with Gasteiger partial charge in [-0.25, -0.2) is 4.98 Å². The molecule has 0 fully saturated rings. The number of aryl methyl sites for hydroxylation is 1. The lowest BCUT2D eigenvalue weighted by Gasteiger charge is -2.15. The summed E-state index contributed by atoms with van der Waals surface area (Å²) in [5, 5.41) is 12.0. The van der Waals surface area contributed by atoms with Crippen LogP contribution in [0.4, 0.5) is 0 Å². The number of fused-ring (bicyclic) bond motifs is 2. The average molecular weight is 424 g/mol. The monoisotopic (exact) mass is 423 g/mol. The largest absolute Gasteiger partial charge is 0.352 e. The van der Waals surface area contributed by atoms with Crippen LogP contribution in [0.5, 0.6) is 0 Å². The normalized spacial score (nSPS) is 11.3. The molecule has 3 aromatic heterocycles. The van der Waals surface area contributed by atoms with E-state index in [1.807, 2.05) is 6.07 Å². The summed E-state index contributed by atoms with van der Waals surface area (Å²) in [6.45, 7) is 5.37. The molecule has 0 radical (unpaired) electrons. The van der Waals surface area contributed by atoms with Gasteiger partial charge < -0.3 is 9.88 Å². The molecule has 0 aromatic carbocycles. The first kappa shape index (κ1) is 22.7. The maximum Gasteiger partial charge on any atom is 0.267 e. The molecule has 0 aliphatic heterocycles. The fraction of sp³-hybridized carbons (Fsp3) is 0.500. The number of pyridine rings is 2. The zero-order valence-electron chi connectivity index (χ0n) is 18.6. The second kappa shape index (κ2) is 10.9. The van der Waals surface area contributed by atoms with E-state index < -0.39 is 0 Å². The Balaban J connectivity index is 2.04. The Bertz CT molecular complexity index is 1160. The Kier molecular flexibility index (Phi) is 7.98. The van der Waals surface area contributed by atoms with Crippen molar-refractivity contribution in [1.29, 1.82) is 5.41 Å². The number of aromatic nitrogens is 3. The number of hydrogen-bond donors (Lipinski definition) is 2. The average Bonchev–Trinajstić information content (AvgIpc) is 2.77. The lowest BCUT2D eigenvalue weighted by atomic mass is 10.1. The molecule has 0 aliphatic rings. The van der Waals surface area contributed by atoms with E-state index in [1.165, 1.54) is 29.7 Å². The first-order chi connectivity index (χ1) is 15.1. The highest BCUT2D eigenvalue weighted by atomic mass is 16.1. The molecular weight excluding hydrogens is 390 g/mol. The van der Waals surface area contributed by atoms with Crippen LogP contribution in [0.2, 0.25) is 0 Å². The highest BCUT2D eigenvalue weighted by Gasteiger charge is 2.17. The maximum absolute atomic E-state index is 13.2. The molecule has 0 atom stereocenters. The van der Waals surface area contributed by atoms with E-state index in [4.69, 9.17) is 5.41 Å². The van der Waals surface area contributed by atoms with Gasteiger partial charge >= 0.3 is 0 Å². The standard InChI is InChI=1S/C24H33N5O2/c1-3-5-7-8-9-11-16-29-21(25)18(23(30)26-14-6-4-2)17-19-22(29)27-20-13-10-12-15-28(20)24(19)31/h10,12-13,15,17,25H,3-9,11,14,16H2,1-2H3,(H,26,30). The van der Waals surface area contributed by atoms with E-state index in [-0.39, 0.29) is 22.5 Å². The summed E-state index contributed by atoms with van der Waals surface area (Å²) in [6.07, 6.45) is 10.2. The van der Waals surface area contributed by atoms with Gasteiger partial charge in [0.05, 0.1) is 10.9 Å². The fourth-order valence-corrected chi connectivity index (χ4v) is 3.80. The van der Waals surface area contributed by atoms with Crippen LogP contribution in [-0.4, -0.2) is 26.4 Å². The summed E-state index contributed by atoms with van der Waals surface area (Å²) in [4.78, 5) is 30.6. The van der Waals surface area contributed by atoms with Gasteiger partial charge in [0.1, 0.15) is 16.8 Å². The Morgan fingerprint density at radius 3 is 2.58 bits per heavy atom. The Hall–Kier alpha value is -2.96. The molecule has 1 amide bonds. The minimum absolute atomic E-state index is 0.113. The van der Waals surface area contributed by atoms with Gasteiger partial charge in [-0.1, -0.05) is 58.4 Å². The van der Waals surface area contributed by atoms with Crippen molar-refractivity contribution in [2.45, 2.75) is 71.8 Å². The van der Waals surface area contributed by atoms with E-state index >= 15 is 0 Å². The van der Waals surface area contributed by atoms with E-state index in [1.54, 1.807) is 22.9 Å². The van der Waals surface area contributed by atoms with Crippen molar-refractivity contribution in [3.8, 4) is 0 Å². The van der Waals surface area contributed by atoms with Crippen molar-refractivity contribution in [2.75, 3.05) is 6.54 Å². The minimum Gasteiger partial charge on any atom is -0.352 e. The second-order valence-electron chi connectivity index (χ2n) is 8.02. The molecule has 0 saturated carbocycles. The number of unbranched alkanes of at least 4 members (excludes halogenated alkanes) is 6. The number of nitrogens with one attached hydrogen (secondary N) is 2. The summed E-state index contributed by atoms with van der Waals surface area (Å²) in [5.41, 5.74) is 1.13. The van der Waals surface area contributed by atoms with Crippen LogP contribution in [0.25, 0.3) is 16.7 Å². The van der Waals surface area contributed by atoms with Crippen LogP contribution in [0.3, 0.4) is 0 Å². The summed E-state index contributed by atoms with van der Waals surface area (Å²) in [6, 6.07) is 6.93. The molecule has 0 saturated heterocycles. The maximum atomic E-state index is 13.2. The summed E-state index contributed by atoms with van der Waals surface area (Å²) in [7, 11) is 0. The van der Waals surface area contributed by atoms with Gasteiger partial charge in [0.25, 0.3) is 11.5 Å². The molecule has 3 heterocycles. The zero-order valence-corrected chi connectivity index (χ0v) is 18.6. The number of hydrogen-bond acceptors (Lipinski definition) is 4. The Labute approximate surface area is 182 Å². The molecule has 2 N–H and O–H groups in total. The van der Waals surface area contributed by atoms with Crippen LogP contribution in [0, 0.1) is 5.41 Å². The third-order valence-electron chi connectivity index (χ3n) is 5.61. The number of amides is 1. The molecule has 3 aromatic rings. The minimum atomic E-state index is -0.311. The van der Waals surface area contributed by atoms with Crippen LogP contribution < -0.4 is 16.4 Å². The predicted molar refractivity (Wildman–Crippen MR) is 123 cm³/mol. The van der Waals surface area contributed by atoms with E-state index in [2.05, 4.69) is 24.1 Å². The smallest absolute Gasteiger partial charge is 0.267 e. The van der Waals surface area contributed by atoms with Gasteiger partial charge in [-0.2, -0.15) is 0 Å². The van der Waals surface area contributed by atoms with Gasteiger partial charge in [-0.15, -0.1) is 0 Å². The summed E-state index contributed by atoms with van der Waals surface area (Å²) in [5.74, 6) is -0.311. The van der Waals surface area contributed by atoms with Gasteiger partial charge in [0, 0.05) is 19.3 Å². The highest BCUT2D eigenvalue weighted by molar-refractivity contribution is 5.96. The first-order valence-electron chi connectivity index (χ1n) is 11.5. The van der Waals surface area contributed by atoms with Crippen molar-refractivity contribution in [3.05, 3.63) is 51.9 Å². The molecule has 0 aliphatic carbocycles. The van der Waals surface area contributed by atoms with Gasteiger partial charge in [-0.05, 0) is 31.0 Å². The number of nitrogens with zero attached hydrogens (tertiary/aromatic N) is 3. The fourth-order valence-electron chi connectivity index (χ4n) is 3.80. The summed E-state index contributed by atoms with van der Waals surface area (Å²) < 4.78 is 3.22. The Morgan fingerprint density at radius 2 is 1.81 bits per heavy atom. The van der Waals surface area contributed by atoms with Crippen molar-refractivity contribution in [3.63, 3.8) is 0 Å². The molecule has 7 nitrogen and oxygen atoms in total. The van der Waals surface area contributed by atoms with Crippen LogP contribution >= 0.6 is 0 Å². The third kappa shape index (κ3) is 5.21. The van der Waals surface area contributed by atoms with E-state index in [0.29, 0.717) is 29.8 Å². The number of rotatable bonds is 11. The molecule has 31 heavy (non-hydrogen) atoms. The lowest BCUT2D eigenvalue weighted by molar-refractivity contribution is 0.0950. The van der Waals surface area contributed by atoms with E-state index in [9.17, 15) is 9.59 Å². The Morgan fingerprint density at radius 1 is 1.06 bits per heavy atom. The molecule has 7 heteroatoms. The van der Waals surface area contributed by atoms with Crippen molar-refractivity contribution in [2.24, 2.45) is 0 Å². The van der Waals surface area contributed by atoms with Gasteiger partial charge in [0.2, 0.25) is 0 Å². The van der Waals surface area contributed by atoms with Crippen molar-refractivity contribution in [1.82, 2.24) is 19.3 Å². The number of carbonyl (C=O) groups is 1. The molecular formula is C24H33N5O2. The summed E-state index contributed by atoms with van der Waals surface area (Å²) >= 11 is 0. The highest BCUT2D eigenvalue weighted by Crippen LogP contribution is 2.12. The quantitative estimate of drug-likeness (QED) is 0.360. The third-order valence-corrected chi connectivity index (χ3v) is 5.61. The van der Waals surface area contributed by atoms with Crippen LogP contribution in [0.15, 0.2) is 35.3 Å². The molecule has 3 rings (SSSR count). The van der Waals surface area contributed by atoms with Gasteiger partial charge in [-0.3, -0.25) is 19.4 Å². The predicted octanol–water partition coefficient (Wildman–Crippen LogP) is 4.02. The van der Waals surface area contributed by atoms with Crippen molar-refractivity contribution >= 4 is 22.6 Å². The zero-order chi connectivity index (χ0) is 22.2. The molecule has 0 unspecified atom stereocenters. The van der Waals surface area contributed by atoms with Crippen LogP contribution in [-0.2, 0) is 6.54 Å².